The Bertz CT molecular complexity index is 306. The van der Waals surface area contributed by atoms with Gasteiger partial charge in [0.05, 0.1) is 5.71 Å². The van der Waals surface area contributed by atoms with Gasteiger partial charge < -0.3 is 11.1 Å². The van der Waals surface area contributed by atoms with Crippen molar-refractivity contribution < 1.29 is 0 Å². The van der Waals surface area contributed by atoms with Gasteiger partial charge >= 0.3 is 0 Å². The fraction of sp³-hybridized carbons (Fsp3) is 0.364. The van der Waals surface area contributed by atoms with Crippen molar-refractivity contribution in [3.05, 3.63) is 35.1 Å². The third-order valence-corrected chi connectivity index (χ3v) is 2.32. The second-order valence-corrected chi connectivity index (χ2v) is 3.35. The van der Waals surface area contributed by atoms with E-state index in [0.717, 1.165) is 18.4 Å². The second kappa shape index (κ2) is 4.08. The zero-order chi connectivity index (χ0) is 9.84. The van der Waals surface area contributed by atoms with Crippen molar-refractivity contribution in [3.63, 3.8) is 0 Å². The molecule has 2 nitrogen and oxygen atoms in total. The monoisotopic (exact) mass is 176 g/mol. The lowest BCUT2D eigenvalue weighted by Crippen LogP contribution is -2.06. The number of nitrogens with two attached hydrogens (primary N) is 1. The molecule has 1 aliphatic carbocycles. The highest BCUT2D eigenvalue weighted by Gasteiger charge is 2.12. The maximum atomic E-state index is 7.78. The number of hydrogen-bond donors (Lipinski definition) is 2. The van der Waals surface area contributed by atoms with Crippen LogP contribution in [0.2, 0.25) is 0 Å². The van der Waals surface area contributed by atoms with Gasteiger partial charge in [-0.1, -0.05) is 11.6 Å². The van der Waals surface area contributed by atoms with Crippen LogP contribution in [0.1, 0.15) is 26.7 Å². The van der Waals surface area contributed by atoms with Gasteiger partial charge in [-0.25, -0.2) is 0 Å². The molecular weight excluding hydrogens is 160 g/mol. The largest absolute Gasteiger partial charge is 0.405 e. The highest BCUT2D eigenvalue weighted by atomic mass is 14.5. The van der Waals surface area contributed by atoms with Crippen molar-refractivity contribution in [3.8, 4) is 0 Å². The van der Waals surface area contributed by atoms with Gasteiger partial charge in [0.25, 0.3) is 0 Å². The molecule has 0 aromatic carbocycles. The summed E-state index contributed by atoms with van der Waals surface area (Å²) in [7, 11) is 0. The fourth-order valence-electron chi connectivity index (χ4n) is 1.69. The molecule has 0 fully saturated rings. The first-order chi connectivity index (χ1) is 6.16. The van der Waals surface area contributed by atoms with Crippen LogP contribution in [-0.2, 0) is 0 Å². The highest BCUT2D eigenvalue weighted by Crippen LogP contribution is 2.25. The molecule has 3 N–H and O–H groups in total. The van der Waals surface area contributed by atoms with Crippen LogP contribution >= 0.6 is 0 Å². The number of nitrogens with one attached hydrogen (secondary N) is 1. The molecule has 70 valence electrons. The Morgan fingerprint density at radius 2 is 2.23 bits per heavy atom. The minimum absolute atomic E-state index is 0.522. The summed E-state index contributed by atoms with van der Waals surface area (Å²) in [5, 5.41) is 7.78. The third kappa shape index (κ3) is 2.08. The Morgan fingerprint density at radius 1 is 1.54 bits per heavy atom. The van der Waals surface area contributed by atoms with Crippen molar-refractivity contribution in [2.45, 2.75) is 26.7 Å². The van der Waals surface area contributed by atoms with Crippen molar-refractivity contribution in [2.24, 2.45) is 5.73 Å². The van der Waals surface area contributed by atoms with E-state index in [1.54, 1.807) is 6.08 Å². The summed E-state index contributed by atoms with van der Waals surface area (Å²) in [5.41, 5.74) is 9.34. The first-order valence-electron chi connectivity index (χ1n) is 4.51. The van der Waals surface area contributed by atoms with E-state index in [1.165, 1.54) is 17.3 Å². The van der Waals surface area contributed by atoms with Gasteiger partial charge in [0.15, 0.2) is 0 Å². The summed E-state index contributed by atoms with van der Waals surface area (Å²) >= 11 is 0. The molecule has 0 saturated heterocycles. The molecule has 2 heteroatoms. The summed E-state index contributed by atoms with van der Waals surface area (Å²) in [5.74, 6) is 0. The summed E-state index contributed by atoms with van der Waals surface area (Å²) in [6, 6.07) is 0. The molecule has 1 rings (SSSR count). The van der Waals surface area contributed by atoms with E-state index in [2.05, 4.69) is 19.9 Å². The van der Waals surface area contributed by atoms with Gasteiger partial charge in [-0.15, -0.1) is 0 Å². The zero-order valence-corrected chi connectivity index (χ0v) is 8.22. The first-order valence-corrected chi connectivity index (χ1v) is 4.51. The fourth-order valence-corrected chi connectivity index (χ4v) is 1.69. The topological polar surface area (TPSA) is 49.9 Å². The molecular formula is C11H16N2. The summed E-state index contributed by atoms with van der Waals surface area (Å²) in [6.45, 7) is 4.14. The summed E-state index contributed by atoms with van der Waals surface area (Å²) in [4.78, 5) is 0. The van der Waals surface area contributed by atoms with E-state index in [-0.39, 0.29) is 0 Å². The molecule has 0 radical (unpaired) electrons. The van der Waals surface area contributed by atoms with Gasteiger partial charge in [0.1, 0.15) is 0 Å². The zero-order valence-electron chi connectivity index (χ0n) is 8.22. The normalized spacial score (nSPS) is 17.8. The van der Waals surface area contributed by atoms with Crippen LogP contribution in [-0.4, -0.2) is 5.71 Å². The van der Waals surface area contributed by atoms with Gasteiger partial charge in [-0.3, -0.25) is 0 Å². The summed E-state index contributed by atoms with van der Waals surface area (Å²) in [6.07, 6.45) is 7.40. The Morgan fingerprint density at radius 3 is 2.77 bits per heavy atom. The highest BCUT2D eigenvalue weighted by molar-refractivity contribution is 6.09. The van der Waals surface area contributed by atoms with Gasteiger partial charge in [0.2, 0.25) is 0 Å². The van der Waals surface area contributed by atoms with Crippen LogP contribution in [0.4, 0.5) is 0 Å². The predicted molar refractivity (Wildman–Crippen MR) is 56.7 cm³/mol. The Hall–Kier alpha value is -1.31. The molecule has 0 spiro atoms. The van der Waals surface area contributed by atoms with Gasteiger partial charge in [-0.2, -0.15) is 0 Å². The van der Waals surface area contributed by atoms with Crippen LogP contribution in [0.3, 0.4) is 0 Å². The van der Waals surface area contributed by atoms with Crippen LogP contribution in [0.25, 0.3) is 0 Å². The van der Waals surface area contributed by atoms with E-state index in [1.807, 2.05) is 0 Å². The van der Waals surface area contributed by atoms with E-state index in [0.29, 0.717) is 5.71 Å². The minimum atomic E-state index is 0.522. The van der Waals surface area contributed by atoms with Crippen LogP contribution in [0.15, 0.2) is 35.1 Å². The molecule has 0 bridgehead atoms. The summed E-state index contributed by atoms with van der Waals surface area (Å²) < 4.78 is 0. The standard InChI is InChI=1S/C11H16N2/c1-8-4-3-5-9(2)11(8)10(13)6-7-12/h4,6-7,13H,3,5,12H2,1-2H3/b7-6-,13-10?. The average Bonchev–Trinajstić information content (AvgIpc) is 2.04. The molecule has 0 aromatic rings. The van der Waals surface area contributed by atoms with E-state index in [9.17, 15) is 0 Å². The second-order valence-electron chi connectivity index (χ2n) is 3.35. The van der Waals surface area contributed by atoms with Crippen LogP contribution < -0.4 is 5.73 Å². The van der Waals surface area contributed by atoms with E-state index >= 15 is 0 Å². The van der Waals surface area contributed by atoms with Crippen molar-refractivity contribution in [1.82, 2.24) is 0 Å². The van der Waals surface area contributed by atoms with Crippen molar-refractivity contribution in [2.75, 3.05) is 0 Å². The maximum Gasteiger partial charge on any atom is 0.0628 e. The molecule has 0 heterocycles. The number of allylic oxidation sites excluding steroid dienone is 5. The predicted octanol–water partition coefficient (Wildman–Crippen LogP) is 2.54. The minimum Gasteiger partial charge on any atom is -0.405 e. The Labute approximate surface area is 79.3 Å². The SMILES string of the molecule is CC1=CCCC(C)=C1C(=N)/C=C\N. The maximum absolute atomic E-state index is 7.78. The molecule has 0 atom stereocenters. The van der Waals surface area contributed by atoms with Gasteiger partial charge in [-0.05, 0) is 44.5 Å². The van der Waals surface area contributed by atoms with E-state index < -0.39 is 0 Å². The van der Waals surface area contributed by atoms with Gasteiger partial charge in [0, 0.05) is 5.57 Å². The number of hydrogen-bond acceptors (Lipinski definition) is 2. The van der Waals surface area contributed by atoms with Crippen molar-refractivity contribution in [1.29, 1.82) is 5.41 Å². The van der Waals surface area contributed by atoms with Crippen molar-refractivity contribution >= 4 is 5.71 Å². The Balaban J connectivity index is 3.00. The quantitative estimate of drug-likeness (QED) is 0.624. The Kier molecular flexibility index (Phi) is 3.07. The third-order valence-electron chi connectivity index (χ3n) is 2.32. The van der Waals surface area contributed by atoms with Crippen LogP contribution in [0, 0.1) is 5.41 Å². The lowest BCUT2D eigenvalue weighted by molar-refractivity contribution is 0.933. The smallest absolute Gasteiger partial charge is 0.0628 e. The van der Waals surface area contributed by atoms with E-state index in [4.69, 9.17) is 11.1 Å². The molecule has 0 aliphatic heterocycles. The molecule has 1 aliphatic rings. The molecule has 0 saturated carbocycles. The average molecular weight is 176 g/mol. The molecule has 13 heavy (non-hydrogen) atoms. The molecule has 0 unspecified atom stereocenters. The number of rotatable bonds is 2. The lowest BCUT2D eigenvalue weighted by atomic mass is 9.89. The molecule has 0 aromatic heterocycles. The van der Waals surface area contributed by atoms with Crippen LogP contribution in [0.5, 0.6) is 0 Å². The first kappa shape index (κ1) is 9.78. The lowest BCUT2D eigenvalue weighted by Gasteiger charge is -2.16. The molecule has 0 amide bonds.